The van der Waals surface area contributed by atoms with Gasteiger partial charge in [0, 0.05) is 30.3 Å². The zero-order valence-electron chi connectivity index (χ0n) is 19.3. The van der Waals surface area contributed by atoms with E-state index in [2.05, 4.69) is 19.9 Å². The minimum absolute atomic E-state index is 0.0463. The Labute approximate surface area is 202 Å². The Balaban J connectivity index is 1.50. The van der Waals surface area contributed by atoms with Crippen molar-refractivity contribution in [3.05, 3.63) is 72.2 Å². The van der Waals surface area contributed by atoms with E-state index < -0.39 is 5.97 Å². The highest BCUT2D eigenvalue weighted by molar-refractivity contribution is 6.05. The monoisotopic (exact) mass is 468 g/mol. The van der Waals surface area contributed by atoms with Crippen LogP contribution in [0.15, 0.2) is 55.2 Å². The molecule has 35 heavy (non-hydrogen) atoms. The summed E-state index contributed by atoms with van der Waals surface area (Å²) in [5, 5.41) is 5.28. The number of benzene rings is 1. The summed E-state index contributed by atoms with van der Waals surface area (Å²) in [4.78, 5) is 37.3. The van der Waals surface area contributed by atoms with Crippen molar-refractivity contribution in [2.24, 2.45) is 5.92 Å². The summed E-state index contributed by atoms with van der Waals surface area (Å²) in [6, 6.07) is 8.45. The second-order valence-electron chi connectivity index (χ2n) is 8.70. The zero-order valence-corrected chi connectivity index (χ0v) is 19.3. The Morgan fingerprint density at radius 3 is 2.77 bits per heavy atom. The highest BCUT2D eigenvalue weighted by Gasteiger charge is 2.29. The molecule has 5 rings (SSSR count). The van der Waals surface area contributed by atoms with Gasteiger partial charge < -0.3 is 9.58 Å². The molecule has 1 fully saturated rings. The van der Waals surface area contributed by atoms with E-state index >= 15 is 0 Å². The normalized spacial score (nSPS) is 14.6. The summed E-state index contributed by atoms with van der Waals surface area (Å²) in [5.41, 5.74) is 2.16. The number of carbonyl (C=O) groups excluding carboxylic acids is 2. The molecule has 4 aromatic rings. The molecular formula is C26H24N6O3. The quantitative estimate of drug-likeness (QED) is 0.234. The second-order valence-corrected chi connectivity index (χ2v) is 8.70. The first-order chi connectivity index (χ1) is 17.1. The van der Waals surface area contributed by atoms with Gasteiger partial charge in [0.05, 0.1) is 17.5 Å². The molecule has 1 aliphatic carbocycles. The molecule has 0 saturated heterocycles. The molecular weight excluding hydrogens is 444 g/mol. The minimum atomic E-state index is -0.502. The molecule has 0 unspecified atom stereocenters. The lowest BCUT2D eigenvalue weighted by Gasteiger charge is -2.18. The molecule has 0 aliphatic heterocycles. The predicted molar refractivity (Wildman–Crippen MR) is 129 cm³/mol. The Hall–Kier alpha value is -4.32. The third-order valence-electron chi connectivity index (χ3n) is 6.51. The number of ether oxygens (including phenoxy) is 1. The van der Waals surface area contributed by atoms with Crippen molar-refractivity contribution in [1.82, 2.24) is 24.3 Å². The van der Waals surface area contributed by atoms with Crippen LogP contribution in [-0.4, -0.2) is 42.7 Å². The molecule has 3 aromatic heterocycles. The van der Waals surface area contributed by atoms with Gasteiger partial charge in [0.25, 0.3) is 5.91 Å². The Bertz CT molecular complexity index is 1440. The summed E-state index contributed by atoms with van der Waals surface area (Å²) < 4.78 is 8.54. The average molecular weight is 469 g/mol. The molecule has 1 aliphatic rings. The van der Waals surface area contributed by atoms with E-state index in [0.717, 1.165) is 18.4 Å². The maximum atomic E-state index is 13.4. The van der Waals surface area contributed by atoms with Gasteiger partial charge in [0.1, 0.15) is 18.1 Å². The molecule has 9 nitrogen and oxygen atoms in total. The number of hydrogen-bond acceptors (Lipinski definition) is 6. The lowest BCUT2D eigenvalue weighted by atomic mass is 9.98. The molecule has 3 heterocycles. The summed E-state index contributed by atoms with van der Waals surface area (Å²) in [6.07, 6.45) is 11.4. The van der Waals surface area contributed by atoms with E-state index in [-0.39, 0.29) is 23.3 Å². The number of hydrogen-bond donors (Lipinski definition) is 0. The van der Waals surface area contributed by atoms with Crippen molar-refractivity contribution in [1.29, 1.82) is 0 Å². The van der Waals surface area contributed by atoms with Crippen molar-refractivity contribution in [2.45, 2.75) is 38.6 Å². The predicted octanol–water partition coefficient (Wildman–Crippen LogP) is 4.56. The van der Waals surface area contributed by atoms with Crippen LogP contribution < -0.4 is 4.74 Å². The number of aromatic nitrogens is 5. The first-order valence-corrected chi connectivity index (χ1v) is 11.6. The maximum absolute atomic E-state index is 13.4. The average Bonchev–Trinajstić information content (AvgIpc) is 3.63. The van der Waals surface area contributed by atoms with E-state index in [4.69, 9.17) is 11.3 Å². The largest absolute Gasteiger partial charge is 0.426 e. The summed E-state index contributed by atoms with van der Waals surface area (Å²) in [7, 11) is 0. The summed E-state index contributed by atoms with van der Waals surface area (Å²) in [6.45, 7) is 9.09. The van der Waals surface area contributed by atoms with Crippen molar-refractivity contribution in [3.63, 3.8) is 0 Å². The number of para-hydroxylation sites is 1. The number of nitrogens with zero attached hydrogens (tertiary/aromatic N) is 6. The second kappa shape index (κ2) is 9.50. The Morgan fingerprint density at radius 1 is 1.20 bits per heavy atom. The molecule has 1 atom stereocenters. The minimum Gasteiger partial charge on any atom is -0.426 e. The van der Waals surface area contributed by atoms with E-state index in [1.807, 2.05) is 10.9 Å². The molecule has 0 amide bonds. The fraction of sp³-hybridized carbons (Fsp3) is 0.308. The van der Waals surface area contributed by atoms with E-state index in [1.54, 1.807) is 42.7 Å². The Kier molecular flexibility index (Phi) is 6.10. The molecule has 1 aromatic carbocycles. The van der Waals surface area contributed by atoms with Gasteiger partial charge in [-0.1, -0.05) is 25.0 Å². The van der Waals surface area contributed by atoms with Gasteiger partial charge in [-0.15, -0.1) is 0 Å². The topological polar surface area (TPSA) is 96.3 Å². The third-order valence-corrected chi connectivity index (χ3v) is 6.51. The van der Waals surface area contributed by atoms with Crippen molar-refractivity contribution < 1.29 is 14.3 Å². The highest BCUT2D eigenvalue weighted by Crippen LogP contribution is 2.35. The highest BCUT2D eigenvalue weighted by atomic mass is 16.5. The van der Waals surface area contributed by atoms with Crippen LogP contribution in [0.4, 0.5) is 0 Å². The number of fused-ring (bicyclic) bond motifs is 1. The van der Waals surface area contributed by atoms with Crippen LogP contribution in [0.3, 0.4) is 0 Å². The smallest absolute Gasteiger partial charge is 0.308 e. The fourth-order valence-electron chi connectivity index (χ4n) is 4.89. The SMILES string of the molecule is [C-]#[N+]C[C@H](C1CCCC1)n1cc(-c2ncnc3c2ccn3C(=O)c2ccccc2OC(C)=O)cn1. The van der Waals surface area contributed by atoms with Gasteiger partial charge in [0.15, 0.2) is 5.65 Å². The molecule has 9 heteroatoms. The standard InChI is InChI=1S/C26H24N6O3/c1-17(33)35-23-10-6-5-9-20(23)26(34)31-12-11-21-24(28-16-29-25(21)31)19-13-30-32(15-19)22(14-27-2)18-7-3-4-8-18/h5-6,9-13,15-16,18,22H,3-4,7-8,14H2,1H3/t22-/m1/s1. The summed E-state index contributed by atoms with van der Waals surface area (Å²) >= 11 is 0. The van der Waals surface area contributed by atoms with Crippen LogP contribution in [0.2, 0.25) is 0 Å². The van der Waals surface area contributed by atoms with Gasteiger partial charge >= 0.3 is 5.97 Å². The first kappa shape index (κ1) is 22.5. The molecule has 0 radical (unpaired) electrons. The molecule has 0 bridgehead atoms. The molecule has 176 valence electrons. The van der Waals surface area contributed by atoms with Crippen LogP contribution in [0.25, 0.3) is 27.1 Å². The van der Waals surface area contributed by atoms with Crippen LogP contribution in [0.1, 0.15) is 49.0 Å². The molecule has 0 spiro atoms. The lowest BCUT2D eigenvalue weighted by molar-refractivity contribution is -0.131. The third kappa shape index (κ3) is 4.30. The van der Waals surface area contributed by atoms with Gasteiger partial charge in [0.2, 0.25) is 6.54 Å². The maximum Gasteiger partial charge on any atom is 0.308 e. The van der Waals surface area contributed by atoms with Crippen LogP contribution >= 0.6 is 0 Å². The summed E-state index contributed by atoms with van der Waals surface area (Å²) in [5.74, 6) is -0.215. The van der Waals surface area contributed by atoms with Gasteiger partial charge in [-0.3, -0.25) is 18.8 Å². The van der Waals surface area contributed by atoms with Gasteiger partial charge in [-0.05, 0) is 37.0 Å². The van der Waals surface area contributed by atoms with E-state index in [9.17, 15) is 9.59 Å². The van der Waals surface area contributed by atoms with E-state index in [0.29, 0.717) is 29.2 Å². The van der Waals surface area contributed by atoms with Crippen LogP contribution in [-0.2, 0) is 4.79 Å². The number of carbonyl (C=O) groups is 2. The van der Waals surface area contributed by atoms with Crippen molar-refractivity contribution in [3.8, 4) is 17.0 Å². The lowest BCUT2D eigenvalue weighted by Crippen LogP contribution is -2.20. The van der Waals surface area contributed by atoms with Gasteiger partial charge in [-0.25, -0.2) is 16.5 Å². The van der Waals surface area contributed by atoms with Crippen molar-refractivity contribution in [2.75, 3.05) is 6.54 Å². The number of rotatable bonds is 6. The van der Waals surface area contributed by atoms with Crippen LogP contribution in [0, 0.1) is 12.5 Å². The molecule has 1 saturated carbocycles. The zero-order chi connectivity index (χ0) is 24.4. The van der Waals surface area contributed by atoms with E-state index in [1.165, 1.54) is 30.7 Å². The van der Waals surface area contributed by atoms with Crippen LogP contribution in [0.5, 0.6) is 5.75 Å². The van der Waals surface area contributed by atoms with Gasteiger partial charge in [-0.2, -0.15) is 5.10 Å². The Morgan fingerprint density at radius 2 is 2.00 bits per heavy atom. The van der Waals surface area contributed by atoms with Crippen molar-refractivity contribution >= 4 is 22.9 Å². The first-order valence-electron chi connectivity index (χ1n) is 11.6. The number of esters is 1. The fourth-order valence-corrected chi connectivity index (χ4v) is 4.89. The molecule has 0 N–H and O–H groups in total.